The zero-order chi connectivity index (χ0) is 11.8. The number of β-amino-alcohol motifs (C(OH)–C–C–N with tert-alkyl or cyclic N) is 2. The predicted octanol–water partition coefficient (Wildman–Crippen LogP) is 1.77. The third-order valence-corrected chi connectivity index (χ3v) is 3.41. The van der Waals surface area contributed by atoms with Crippen LogP contribution in [-0.4, -0.2) is 47.0 Å². The fourth-order valence-electron chi connectivity index (χ4n) is 2.32. The fourth-order valence-corrected chi connectivity index (χ4v) is 2.32. The van der Waals surface area contributed by atoms with Crippen molar-refractivity contribution < 1.29 is 10.2 Å². The Balaban J connectivity index is 1.88. The van der Waals surface area contributed by atoms with Crippen molar-refractivity contribution in [2.45, 2.75) is 64.1 Å². The van der Waals surface area contributed by atoms with Gasteiger partial charge in [0.15, 0.2) is 0 Å². The van der Waals surface area contributed by atoms with Crippen molar-refractivity contribution in [2.75, 3.05) is 19.6 Å². The van der Waals surface area contributed by atoms with E-state index in [0.29, 0.717) is 13.1 Å². The largest absolute Gasteiger partial charge is 0.389 e. The minimum atomic E-state index is -0.524. The highest BCUT2D eigenvalue weighted by atomic mass is 16.3. The Hall–Kier alpha value is -0.120. The van der Waals surface area contributed by atoms with Gasteiger partial charge in [-0.1, -0.05) is 45.4 Å². The Morgan fingerprint density at radius 2 is 1.38 bits per heavy atom. The van der Waals surface area contributed by atoms with E-state index >= 15 is 0 Å². The molecule has 0 aliphatic carbocycles. The van der Waals surface area contributed by atoms with Gasteiger partial charge in [-0.05, 0) is 13.0 Å². The second-order valence-corrected chi connectivity index (χ2v) is 5.02. The molecule has 3 nitrogen and oxygen atoms in total. The molecule has 0 saturated carbocycles. The predicted molar refractivity (Wildman–Crippen MR) is 66.4 cm³/mol. The summed E-state index contributed by atoms with van der Waals surface area (Å²) < 4.78 is 0. The molecular weight excluding hydrogens is 202 g/mol. The molecule has 96 valence electrons. The maximum Gasteiger partial charge on any atom is 0.0938 e. The van der Waals surface area contributed by atoms with Gasteiger partial charge >= 0.3 is 0 Å². The van der Waals surface area contributed by atoms with E-state index < -0.39 is 12.2 Å². The lowest BCUT2D eigenvalue weighted by molar-refractivity contribution is 0.0572. The average molecular weight is 229 g/mol. The third-order valence-electron chi connectivity index (χ3n) is 3.41. The van der Waals surface area contributed by atoms with E-state index in [-0.39, 0.29) is 0 Å². The van der Waals surface area contributed by atoms with E-state index in [1.165, 1.54) is 44.9 Å². The quantitative estimate of drug-likeness (QED) is 0.624. The topological polar surface area (TPSA) is 43.7 Å². The van der Waals surface area contributed by atoms with Crippen molar-refractivity contribution in [2.24, 2.45) is 0 Å². The highest BCUT2D eigenvalue weighted by molar-refractivity contribution is 4.82. The number of likely N-dealkylation sites (tertiary alicyclic amines) is 1. The maximum absolute atomic E-state index is 9.38. The zero-order valence-corrected chi connectivity index (χ0v) is 10.6. The molecule has 1 aliphatic heterocycles. The molecule has 1 aliphatic rings. The Kier molecular flexibility index (Phi) is 7.01. The molecule has 0 aromatic heterocycles. The first-order valence-corrected chi connectivity index (χ1v) is 6.82. The van der Waals surface area contributed by atoms with Crippen LogP contribution in [0.1, 0.15) is 51.9 Å². The smallest absolute Gasteiger partial charge is 0.0938 e. The summed E-state index contributed by atoms with van der Waals surface area (Å²) in [7, 11) is 0. The van der Waals surface area contributed by atoms with E-state index in [2.05, 4.69) is 11.8 Å². The second kappa shape index (κ2) is 8.04. The zero-order valence-electron chi connectivity index (χ0n) is 10.6. The molecule has 1 fully saturated rings. The number of aliphatic hydroxyl groups excluding tert-OH is 2. The maximum atomic E-state index is 9.38. The minimum absolute atomic E-state index is 0.524. The standard InChI is InChI=1S/C13H27NO2/c1-2-3-4-5-6-7-8-9-14-10-12(15)13(16)11-14/h12-13,15-16H,2-11H2,1H3. The Bertz CT molecular complexity index is 165. The summed E-state index contributed by atoms with van der Waals surface area (Å²) in [5, 5.41) is 18.8. The molecule has 1 saturated heterocycles. The molecule has 2 unspecified atom stereocenters. The van der Waals surface area contributed by atoms with Crippen molar-refractivity contribution in [1.82, 2.24) is 4.90 Å². The van der Waals surface area contributed by atoms with Gasteiger partial charge in [0.2, 0.25) is 0 Å². The number of nitrogens with zero attached hydrogens (tertiary/aromatic N) is 1. The number of unbranched alkanes of at least 4 members (excludes halogenated alkanes) is 6. The molecule has 0 amide bonds. The SMILES string of the molecule is CCCCCCCCCN1CC(O)C(O)C1. The Labute approximate surface area is 99.5 Å². The van der Waals surface area contributed by atoms with Crippen LogP contribution in [0.15, 0.2) is 0 Å². The lowest BCUT2D eigenvalue weighted by atomic mass is 10.1. The lowest BCUT2D eigenvalue weighted by Crippen LogP contribution is -2.23. The molecule has 2 atom stereocenters. The molecule has 0 radical (unpaired) electrons. The van der Waals surface area contributed by atoms with Crippen molar-refractivity contribution in [1.29, 1.82) is 0 Å². The van der Waals surface area contributed by atoms with Crippen LogP contribution < -0.4 is 0 Å². The van der Waals surface area contributed by atoms with E-state index in [1.54, 1.807) is 0 Å². The molecule has 0 bridgehead atoms. The van der Waals surface area contributed by atoms with Crippen LogP contribution >= 0.6 is 0 Å². The Morgan fingerprint density at radius 3 is 1.94 bits per heavy atom. The molecule has 16 heavy (non-hydrogen) atoms. The van der Waals surface area contributed by atoms with Crippen LogP contribution in [0, 0.1) is 0 Å². The first kappa shape index (κ1) is 13.9. The summed E-state index contributed by atoms with van der Waals surface area (Å²) in [5.74, 6) is 0. The number of hydrogen-bond donors (Lipinski definition) is 2. The summed E-state index contributed by atoms with van der Waals surface area (Å²) >= 11 is 0. The summed E-state index contributed by atoms with van der Waals surface area (Å²) in [6.07, 6.45) is 8.18. The summed E-state index contributed by atoms with van der Waals surface area (Å²) in [6, 6.07) is 0. The summed E-state index contributed by atoms with van der Waals surface area (Å²) in [4.78, 5) is 2.17. The van der Waals surface area contributed by atoms with Crippen molar-refractivity contribution in [3.63, 3.8) is 0 Å². The van der Waals surface area contributed by atoms with E-state index in [4.69, 9.17) is 0 Å². The van der Waals surface area contributed by atoms with Gasteiger partial charge in [0.05, 0.1) is 12.2 Å². The molecule has 0 spiro atoms. The lowest BCUT2D eigenvalue weighted by Gasteiger charge is -2.13. The second-order valence-electron chi connectivity index (χ2n) is 5.02. The van der Waals surface area contributed by atoms with Gasteiger partial charge in [0.25, 0.3) is 0 Å². The van der Waals surface area contributed by atoms with E-state index in [1.807, 2.05) is 0 Å². The van der Waals surface area contributed by atoms with Gasteiger partial charge in [-0.15, -0.1) is 0 Å². The van der Waals surface area contributed by atoms with Crippen LogP contribution in [0.3, 0.4) is 0 Å². The fraction of sp³-hybridized carbons (Fsp3) is 1.00. The van der Waals surface area contributed by atoms with Crippen LogP contribution in [-0.2, 0) is 0 Å². The highest BCUT2D eigenvalue weighted by Gasteiger charge is 2.28. The first-order valence-electron chi connectivity index (χ1n) is 6.82. The van der Waals surface area contributed by atoms with Crippen LogP contribution in [0.4, 0.5) is 0 Å². The van der Waals surface area contributed by atoms with Crippen molar-refractivity contribution >= 4 is 0 Å². The normalized spacial score (nSPS) is 26.4. The van der Waals surface area contributed by atoms with Gasteiger partial charge in [0, 0.05) is 13.1 Å². The van der Waals surface area contributed by atoms with Crippen LogP contribution in [0.5, 0.6) is 0 Å². The monoisotopic (exact) mass is 229 g/mol. The number of hydrogen-bond acceptors (Lipinski definition) is 3. The average Bonchev–Trinajstić information content (AvgIpc) is 2.57. The molecule has 1 rings (SSSR count). The number of rotatable bonds is 8. The van der Waals surface area contributed by atoms with Gasteiger partial charge in [-0.3, -0.25) is 4.90 Å². The minimum Gasteiger partial charge on any atom is -0.389 e. The Morgan fingerprint density at radius 1 is 0.875 bits per heavy atom. The molecule has 1 heterocycles. The van der Waals surface area contributed by atoms with E-state index in [9.17, 15) is 10.2 Å². The molecular formula is C13H27NO2. The van der Waals surface area contributed by atoms with Gasteiger partial charge in [0.1, 0.15) is 0 Å². The summed E-state index contributed by atoms with van der Waals surface area (Å²) in [6.45, 7) is 4.57. The highest BCUT2D eigenvalue weighted by Crippen LogP contribution is 2.12. The molecule has 3 heteroatoms. The van der Waals surface area contributed by atoms with Gasteiger partial charge in [-0.25, -0.2) is 0 Å². The van der Waals surface area contributed by atoms with Gasteiger partial charge in [-0.2, -0.15) is 0 Å². The summed E-state index contributed by atoms with van der Waals surface area (Å²) in [5.41, 5.74) is 0. The van der Waals surface area contributed by atoms with Crippen LogP contribution in [0.2, 0.25) is 0 Å². The molecule has 0 aromatic carbocycles. The van der Waals surface area contributed by atoms with Crippen molar-refractivity contribution in [3.8, 4) is 0 Å². The van der Waals surface area contributed by atoms with Crippen LogP contribution in [0.25, 0.3) is 0 Å². The van der Waals surface area contributed by atoms with E-state index in [0.717, 1.165) is 6.54 Å². The molecule has 0 aromatic rings. The first-order chi connectivity index (χ1) is 7.74. The van der Waals surface area contributed by atoms with Crippen molar-refractivity contribution in [3.05, 3.63) is 0 Å². The molecule has 2 N–H and O–H groups in total. The number of aliphatic hydroxyl groups is 2. The van der Waals surface area contributed by atoms with Gasteiger partial charge < -0.3 is 10.2 Å². The third kappa shape index (κ3) is 5.28.